The molecular formula is C9H10BrNOS. The number of nitrogens with one attached hydrogen (secondary N) is 1. The van der Waals surface area contributed by atoms with Crippen LogP contribution >= 0.6 is 27.3 Å². The van der Waals surface area contributed by atoms with Crippen LogP contribution in [0.15, 0.2) is 15.9 Å². The van der Waals surface area contributed by atoms with Crippen molar-refractivity contribution in [1.29, 1.82) is 0 Å². The minimum atomic E-state index is -0.246. The van der Waals surface area contributed by atoms with Crippen molar-refractivity contribution in [3.05, 3.63) is 20.8 Å². The molecule has 1 saturated heterocycles. The highest BCUT2D eigenvalue weighted by molar-refractivity contribution is 9.11. The Morgan fingerprint density at radius 3 is 2.62 bits per heavy atom. The van der Waals surface area contributed by atoms with E-state index in [4.69, 9.17) is 0 Å². The fraction of sp³-hybridized carbons (Fsp3) is 0.444. The first-order chi connectivity index (χ1) is 6.01. The van der Waals surface area contributed by atoms with Gasteiger partial charge in [0.2, 0.25) is 5.91 Å². The van der Waals surface area contributed by atoms with Crippen LogP contribution < -0.4 is 5.32 Å². The molecule has 0 saturated carbocycles. The molecule has 1 unspecified atom stereocenters. The molecule has 1 aliphatic heterocycles. The first kappa shape index (κ1) is 9.21. The van der Waals surface area contributed by atoms with E-state index >= 15 is 0 Å². The smallest absolute Gasteiger partial charge is 0.228 e. The normalized spacial score (nSPS) is 25.2. The van der Waals surface area contributed by atoms with Crippen molar-refractivity contribution in [1.82, 2.24) is 5.32 Å². The lowest BCUT2D eigenvalue weighted by molar-refractivity contribution is -0.142. The molecule has 0 bridgehead atoms. The lowest BCUT2D eigenvalue weighted by atomic mass is 9.75. The van der Waals surface area contributed by atoms with E-state index in [0.29, 0.717) is 0 Å². The van der Waals surface area contributed by atoms with Gasteiger partial charge in [0, 0.05) is 4.88 Å². The predicted octanol–water partition coefficient (Wildman–Crippen LogP) is 2.71. The van der Waals surface area contributed by atoms with Gasteiger partial charge in [0.25, 0.3) is 0 Å². The Kier molecular flexibility index (Phi) is 2.00. The van der Waals surface area contributed by atoms with Crippen LogP contribution in [0.4, 0.5) is 0 Å². The average molecular weight is 260 g/mol. The van der Waals surface area contributed by atoms with Gasteiger partial charge in [-0.15, -0.1) is 11.3 Å². The first-order valence-electron chi connectivity index (χ1n) is 4.08. The van der Waals surface area contributed by atoms with Crippen molar-refractivity contribution < 1.29 is 4.79 Å². The zero-order valence-electron chi connectivity index (χ0n) is 7.43. The fourth-order valence-electron chi connectivity index (χ4n) is 1.46. The summed E-state index contributed by atoms with van der Waals surface area (Å²) < 4.78 is 1.11. The van der Waals surface area contributed by atoms with Crippen LogP contribution in [0.1, 0.15) is 24.8 Å². The van der Waals surface area contributed by atoms with Crippen LogP contribution in [0.2, 0.25) is 0 Å². The standard InChI is InChI=1S/C9H10BrNOS/c1-9(2)7(11-8(9)12)5-3-4-6(10)13-5/h3-4,7H,1-2H3,(H,11,12). The molecule has 1 aromatic rings. The summed E-state index contributed by atoms with van der Waals surface area (Å²) in [6, 6.07) is 4.26. The number of thiophene rings is 1. The average Bonchev–Trinajstić information content (AvgIpc) is 2.47. The van der Waals surface area contributed by atoms with Gasteiger partial charge in [-0.25, -0.2) is 0 Å². The summed E-state index contributed by atoms with van der Waals surface area (Å²) in [5.74, 6) is 0.141. The minimum absolute atomic E-state index is 0.141. The van der Waals surface area contributed by atoms with Crippen LogP contribution in [-0.2, 0) is 4.79 Å². The Labute approximate surface area is 89.5 Å². The molecule has 4 heteroatoms. The van der Waals surface area contributed by atoms with E-state index in [0.717, 1.165) is 3.79 Å². The summed E-state index contributed by atoms with van der Waals surface area (Å²) in [6.45, 7) is 3.95. The number of hydrogen-bond donors (Lipinski definition) is 1. The lowest BCUT2D eigenvalue weighted by Gasteiger charge is -2.43. The molecule has 0 aromatic carbocycles. The van der Waals surface area contributed by atoms with Crippen molar-refractivity contribution in [2.24, 2.45) is 5.41 Å². The van der Waals surface area contributed by atoms with Gasteiger partial charge in [0.15, 0.2) is 0 Å². The number of halogens is 1. The van der Waals surface area contributed by atoms with E-state index in [9.17, 15) is 4.79 Å². The van der Waals surface area contributed by atoms with Gasteiger partial charge in [-0.05, 0) is 41.9 Å². The number of hydrogen-bond acceptors (Lipinski definition) is 2. The molecule has 1 aliphatic rings. The highest BCUT2D eigenvalue weighted by atomic mass is 79.9. The van der Waals surface area contributed by atoms with Crippen LogP contribution in [0.3, 0.4) is 0 Å². The van der Waals surface area contributed by atoms with E-state index in [-0.39, 0.29) is 17.4 Å². The van der Waals surface area contributed by atoms with E-state index in [1.165, 1.54) is 4.88 Å². The van der Waals surface area contributed by atoms with Gasteiger partial charge in [0.05, 0.1) is 15.2 Å². The third kappa shape index (κ3) is 1.32. The molecule has 0 aliphatic carbocycles. The molecule has 1 fully saturated rings. The number of amides is 1. The highest BCUT2D eigenvalue weighted by Gasteiger charge is 2.48. The zero-order valence-corrected chi connectivity index (χ0v) is 9.83. The topological polar surface area (TPSA) is 29.1 Å². The number of carbonyl (C=O) groups is 1. The van der Waals surface area contributed by atoms with Gasteiger partial charge in [-0.1, -0.05) is 0 Å². The maximum absolute atomic E-state index is 11.2. The molecule has 0 radical (unpaired) electrons. The molecule has 2 rings (SSSR count). The van der Waals surface area contributed by atoms with Crippen molar-refractivity contribution in [2.45, 2.75) is 19.9 Å². The molecule has 70 valence electrons. The van der Waals surface area contributed by atoms with Gasteiger partial charge in [-0.3, -0.25) is 4.79 Å². The number of rotatable bonds is 1. The third-order valence-electron chi connectivity index (χ3n) is 2.46. The summed E-state index contributed by atoms with van der Waals surface area (Å²) >= 11 is 5.09. The largest absolute Gasteiger partial charge is 0.347 e. The summed E-state index contributed by atoms with van der Waals surface area (Å²) in [5.41, 5.74) is -0.246. The minimum Gasteiger partial charge on any atom is -0.347 e. The summed E-state index contributed by atoms with van der Waals surface area (Å²) in [4.78, 5) is 12.4. The molecule has 2 heterocycles. The molecular weight excluding hydrogens is 250 g/mol. The number of carbonyl (C=O) groups excluding carboxylic acids is 1. The quantitative estimate of drug-likeness (QED) is 0.773. The van der Waals surface area contributed by atoms with Crippen molar-refractivity contribution >= 4 is 33.2 Å². The Balaban J connectivity index is 2.26. The molecule has 1 N–H and O–H groups in total. The summed E-state index contributed by atoms with van der Waals surface area (Å²) in [7, 11) is 0. The fourth-order valence-corrected chi connectivity index (χ4v) is 3.12. The Morgan fingerprint density at radius 2 is 2.23 bits per heavy atom. The SMILES string of the molecule is CC1(C)C(=O)NC1c1ccc(Br)s1. The van der Waals surface area contributed by atoms with Crippen LogP contribution in [0, 0.1) is 5.41 Å². The maximum Gasteiger partial charge on any atom is 0.228 e. The molecule has 13 heavy (non-hydrogen) atoms. The maximum atomic E-state index is 11.2. The lowest BCUT2D eigenvalue weighted by Crippen LogP contribution is -2.57. The van der Waals surface area contributed by atoms with Gasteiger partial charge < -0.3 is 5.32 Å². The van der Waals surface area contributed by atoms with E-state index in [1.54, 1.807) is 11.3 Å². The Bertz CT molecular complexity index is 358. The second-order valence-corrected chi connectivity index (χ2v) is 6.26. The van der Waals surface area contributed by atoms with Crippen LogP contribution in [0.5, 0.6) is 0 Å². The highest BCUT2D eigenvalue weighted by Crippen LogP contribution is 2.44. The van der Waals surface area contributed by atoms with Crippen LogP contribution in [-0.4, -0.2) is 5.91 Å². The van der Waals surface area contributed by atoms with Gasteiger partial charge in [-0.2, -0.15) is 0 Å². The van der Waals surface area contributed by atoms with E-state index in [1.807, 2.05) is 19.9 Å². The van der Waals surface area contributed by atoms with Gasteiger partial charge >= 0.3 is 0 Å². The van der Waals surface area contributed by atoms with Crippen LogP contribution in [0.25, 0.3) is 0 Å². The second-order valence-electron chi connectivity index (χ2n) is 3.77. The first-order valence-corrected chi connectivity index (χ1v) is 5.69. The van der Waals surface area contributed by atoms with E-state index in [2.05, 4.69) is 27.3 Å². The monoisotopic (exact) mass is 259 g/mol. The molecule has 0 spiro atoms. The van der Waals surface area contributed by atoms with Gasteiger partial charge in [0.1, 0.15) is 0 Å². The molecule has 1 atom stereocenters. The second kappa shape index (κ2) is 2.82. The molecule has 1 aromatic heterocycles. The zero-order chi connectivity index (χ0) is 9.64. The third-order valence-corrected chi connectivity index (χ3v) is 4.15. The summed E-state index contributed by atoms with van der Waals surface area (Å²) in [5, 5.41) is 2.91. The van der Waals surface area contributed by atoms with Crippen molar-refractivity contribution in [2.75, 3.05) is 0 Å². The summed E-state index contributed by atoms with van der Waals surface area (Å²) in [6.07, 6.45) is 0. The van der Waals surface area contributed by atoms with E-state index < -0.39 is 0 Å². The predicted molar refractivity (Wildman–Crippen MR) is 56.7 cm³/mol. The number of β-lactam (4-membered cyclic amide) rings is 1. The van der Waals surface area contributed by atoms with Crippen molar-refractivity contribution in [3.63, 3.8) is 0 Å². The Morgan fingerprint density at radius 1 is 1.54 bits per heavy atom. The molecule has 1 amide bonds. The Hall–Kier alpha value is -0.350. The van der Waals surface area contributed by atoms with Crippen molar-refractivity contribution in [3.8, 4) is 0 Å². The molecule has 2 nitrogen and oxygen atoms in total.